The molecule has 0 aliphatic carbocycles. The van der Waals surface area contributed by atoms with E-state index in [1.807, 2.05) is 0 Å². The van der Waals surface area contributed by atoms with Gasteiger partial charge in [0.15, 0.2) is 0 Å². The van der Waals surface area contributed by atoms with Gasteiger partial charge in [0.05, 0.1) is 11.2 Å². The number of fused-ring (bicyclic) bond motifs is 5. The predicted octanol–water partition coefficient (Wildman–Crippen LogP) is 6.71. The van der Waals surface area contributed by atoms with Crippen molar-refractivity contribution in [3.8, 4) is 11.1 Å². The molecule has 2 heterocycles. The van der Waals surface area contributed by atoms with Gasteiger partial charge in [-0.05, 0) is 67.9 Å². The highest BCUT2D eigenvalue weighted by molar-refractivity contribution is 6.62. The summed E-state index contributed by atoms with van der Waals surface area (Å²) in [6, 6.07) is 27.6. The number of furan rings is 1. The molecule has 32 heavy (non-hydrogen) atoms. The van der Waals surface area contributed by atoms with Crippen molar-refractivity contribution in [2.24, 2.45) is 0 Å². The second-order valence-electron chi connectivity index (χ2n) is 9.69. The molecule has 1 fully saturated rings. The monoisotopic (exact) mass is 420 g/mol. The Labute approximate surface area is 188 Å². The van der Waals surface area contributed by atoms with Gasteiger partial charge in [-0.3, -0.25) is 0 Å². The van der Waals surface area contributed by atoms with Crippen LogP contribution in [0, 0.1) is 0 Å². The molecule has 0 atom stereocenters. The van der Waals surface area contributed by atoms with Gasteiger partial charge in [0, 0.05) is 16.2 Å². The molecule has 0 radical (unpaired) electrons. The third kappa shape index (κ3) is 2.91. The van der Waals surface area contributed by atoms with Gasteiger partial charge in [0.1, 0.15) is 11.2 Å². The minimum absolute atomic E-state index is 0.340. The van der Waals surface area contributed by atoms with E-state index in [2.05, 4.69) is 107 Å². The van der Waals surface area contributed by atoms with Crippen molar-refractivity contribution in [3.05, 3.63) is 78.9 Å². The van der Waals surface area contributed by atoms with Crippen molar-refractivity contribution in [3.63, 3.8) is 0 Å². The molecule has 0 unspecified atom stereocenters. The van der Waals surface area contributed by atoms with E-state index in [0.29, 0.717) is 0 Å². The summed E-state index contributed by atoms with van der Waals surface area (Å²) in [6.07, 6.45) is 0. The van der Waals surface area contributed by atoms with Gasteiger partial charge in [-0.25, -0.2) is 0 Å². The largest absolute Gasteiger partial charge is 0.494 e. The van der Waals surface area contributed by atoms with Crippen LogP contribution in [0.25, 0.3) is 43.8 Å². The lowest BCUT2D eigenvalue weighted by atomic mass is 9.78. The fourth-order valence-corrected chi connectivity index (χ4v) is 4.50. The maximum atomic E-state index is 6.34. The smallest absolute Gasteiger partial charge is 0.455 e. The zero-order valence-electron chi connectivity index (χ0n) is 18.8. The Hall–Kier alpha value is -3.08. The summed E-state index contributed by atoms with van der Waals surface area (Å²) in [4.78, 5) is 0. The molecule has 1 aliphatic rings. The van der Waals surface area contributed by atoms with Crippen LogP contribution in [-0.4, -0.2) is 18.3 Å². The van der Waals surface area contributed by atoms with E-state index in [9.17, 15) is 0 Å². The topological polar surface area (TPSA) is 31.6 Å². The third-order valence-corrected chi connectivity index (χ3v) is 7.13. The Balaban J connectivity index is 1.37. The van der Waals surface area contributed by atoms with Crippen molar-refractivity contribution in [1.29, 1.82) is 0 Å². The van der Waals surface area contributed by atoms with Crippen molar-refractivity contribution in [2.45, 2.75) is 38.9 Å². The van der Waals surface area contributed by atoms with Crippen LogP contribution in [-0.2, 0) is 9.31 Å². The van der Waals surface area contributed by atoms with Gasteiger partial charge in [-0.2, -0.15) is 0 Å². The summed E-state index contributed by atoms with van der Waals surface area (Å²) in [6.45, 7) is 8.31. The van der Waals surface area contributed by atoms with Crippen molar-refractivity contribution in [2.75, 3.05) is 0 Å². The first-order valence-electron chi connectivity index (χ1n) is 11.1. The molecule has 0 spiro atoms. The third-order valence-electron chi connectivity index (χ3n) is 7.13. The first kappa shape index (κ1) is 19.6. The SMILES string of the molecule is CC1(C)OB(c2ccc(-c3ccc4c(c3)oc3c5ccccc5ccc43)cc2)OC1(C)C. The Kier molecular flexibility index (Phi) is 4.11. The Morgan fingerprint density at radius 3 is 2.03 bits per heavy atom. The minimum atomic E-state index is -0.347. The maximum Gasteiger partial charge on any atom is 0.494 e. The summed E-state index contributed by atoms with van der Waals surface area (Å²) in [5.41, 5.74) is 4.47. The van der Waals surface area contributed by atoms with Gasteiger partial charge < -0.3 is 13.7 Å². The van der Waals surface area contributed by atoms with Gasteiger partial charge in [0.2, 0.25) is 0 Å². The van der Waals surface area contributed by atoms with Gasteiger partial charge in [0.25, 0.3) is 0 Å². The van der Waals surface area contributed by atoms with Crippen LogP contribution in [0.3, 0.4) is 0 Å². The van der Waals surface area contributed by atoms with Gasteiger partial charge in [-0.1, -0.05) is 60.7 Å². The van der Waals surface area contributed by atoms with Crippen LogP contribution in [0.15, 0.2) is 83.3 Å². The molecule has 0 bridgehead atoms. The molecular formula is C28H25BO3. The predicted molar refractivity (Wildman–Crippen MR) is 132 cm³/mol. The molecule has 4 heteroatoms. The number of hydrogen-bond donors (Lipinski definition) is 0. The van der Waals surface area contributed by atoms with Gasteiger partial charge in [-0.15, -0.1) is 0 Å². The highest BCUT2D eigenvalue weighted by Crippen LogP contribution is 2.37. The van der Waals surface area contributed by atoms with Crippen LogP contribution >= 0.6 is 0 Å². The van der Waals surface area contributed by atoms with E-state index >= 15 is 0 Å². The Bertz CT molecular complexity index is 1460. The highest BCUT2D eigenvalue weighted by atomic mass is 16.7. The second kappa shape index (κ2) is 6.71. The lowest BCUT2D eigenvalue weighted by molar-refractivity contribution is 0.00578. The first-order valence-corrected chi connectivity index (χ1v) is 11.1. The Morgan fingerprint density at radius 2 is 1.28 bits per heavy atom. The number of hydrogen-bond acceptors (Lipinski definition) is 3. The zero-order valence-corrected chi connectivity index (χ0v) is 18.8. The summed E-state index contributed by atoms with van der Waals surface area (Å²) in [5, 5.41) is 4.64. The summed E-state index contributed by atoms with van der Waals surface area (Å²) in [7, 11) is -0.347. The van der Waals surface area contributed by atoms with E-state index in [4.69, 9.17) is 13.7 Å². The average molecular weight is 420 g/mol. The molecule has 1 aliphatic heterocycles. The molecule has 6 rings (SSSR count). The minimum Gasteiger partial charge on any atom is -0.455 e. The molecule has 0 saturated carbocycles. The number of benzene rings is 4. The van der Waals surface area contributed by atoms with Crippen LogP contribution in [0.5, 0.6) is 0 Å². The maximum absolute atomic E-state index is 6.34. The lowest BCUT2D eigenvalue weighted by Gasteiger charge is -2.32. The summed E-state index contributed by atoms with van der Waals surface area (Å²) >= 11 is 0. The number of rotatable bonds is 2. The Morgan fingerprint density at radius 1 is 0.625 bits per heavy atom. The average Bonchev–Trinajstić information content (AvgIpc) is 3.26. The van der Waals surface area contributed by atoms with Crippen LogP contribution in [0.1, 0.15) is 27.7 Å². The second-order valence-corrected chi connectivity index (χ2v) is 9.69. The molecule has 158 valence electrons. The van der Waals surface area contributed by atoms with Crippen LogP contribution in [0.2, 0.25) is 0 Å². The standard InChI is InChI=1S/C28H25BO3/c1-27(2)28(3,4)32-29(31-27)21-13-9-18(10-14-21)20-12-15-23-24-16-11-19-7-5-6-8-22(19)26(24)30-25(23)17-20/h5-17H,1-4H3. The van der Waals surface area contributed by atoms with Crippen LogP contribution in [0.4, 0.5) is 0 Å². The summed E-state index contributed by atoms with van der Waals surface area (Å²) in [5.74, 6) is 0. The van der Waals surface area contributed by atoms with Crippen molar-refractivity contribution < 1.29 is 13.7 Å². The zero-order chi connectivity index (χ0) is 22.1. The molecule has 3 nitrogen and oxygen atoms in total. The molecule has 4 aromatic carbocycles. The van der Waals surface area contributed by atoms with Crippen molar-refractivity contribution in [1.82, 2.24) is 0 Å². The molecule has 5 aromatic rings. The molecule has 1 aromatic heterocycles. The highest BCUT2D eigenvalue weighted by Gasteiger charge is 2.51. The normalized spacial score (nSPS) is 17.6. The quantitative estimate of drug-likeness (QED) is 0.298. The van der Waals surface area contributed by atoms with Crippen molar-refractivity contribution >= 4 is 45.3 Å². The fourth-order valence-electron chi connectivity index (χ4n) is 4.50. The van der Waals surface area contributed by atoms with Gasteiger partial charge >= 0.3 is 7.12 Å². The summed E-state index contributed by atoms with van der Waals surface area (Å²) < 4.78 is 18.7. The lowest BCUT2D eigenvalue weighted by Crippen LogP contribution is -2.41. The van der Waals surface area contributed by atoms with E-state index in [-0.39, 0.29) is 18.3 Å². The molecule has 1 saturated heterocycles. The molecule has 0 amide bonds. The van der Waals surface area contributed by atoms with Crippen LogP contribution < -0.4 is 5.46 Å². The molecular weight excluding hydrogens is 395 g/mol. The molecule has 0 N–H and O–H groups in total. The fraction of sp³-hybridized carbons (Fsp3) is 0.214. The van der Waals surface area contributed by atoms with E-state index < -0.39 is 0 Å². The van der Waals surface area contributed by atoms with E-state index in [1.54, 1.807) is 0 Å². The van der Waals surface area contributed by atoms with E-state index in [1.165, 1.54) is 5.39 Å². The first-order chi connectivity index (χ1) is 15.3. The van der Waals surface area contributed by atoms with E-state index in [0.717, 1.165) is 43.9 Å².